The third-order valence-electron chi connectivity index (χ3n) is 3.76. The Bertz CT molecular complexity index is 345. The maximum atomic E-state index is 5.75. The van der Waals surface area contributed by atoms with Crippen LogP contribution in [-0.2, 0) is 6.42 Å². The normalized spacial score (nSPS) is 16.1. The van der Waals surface area contributed by atoms with Crippen LogP contribution < -0.4 is 10.1 Å². The van der Waals surface area contributed by atoms with E-state index in [0.717, 1.165) is 31.2 Å². The molecule has 0 saturated heterocycles. The number of hydrogen-bond acceptors (Lipinski definition) is 2. The summed E-state index contributed by atoms with van der Waals surface area (Å²) in [7, 11) is 0. The van der Waals surface area contributed by atoms with Crippen LogP contribution in [0, 0.1) is 5.92 Å². The topological polar surface area (TPSA) is 21.3 Å². The van der Waals surface area contributed by atoms with Crippen molar-refractivity contribution in [1.82, 2.24) is 5.32 Å². The van der Waals surface area contributed by atoms with E-state index in [-0.39, 0.29) is 0 Å². The van der Waals surface area contributed by atoms with E-state index in [1.165, 1.54) is 37.8 Å². The third kappa shape index (κ3) is 4.34. The summed E-state index contributed by atoms with van der Waals surface area (Å²) in [5, 5.41) is 3.50. The SMILES string of the molecule is CCc1cccc(OCCNCC2CCCC2)c1. The molecule has 1 N–H and O–H groups in total. The van der Waals surface area contributed by atoms with Crippen LogP contribution in [-0.4, -0.2) is 19.7 Å². The highest BCUT2D eigenvalue weighted by molar-refractivity contribution is 5.28. The number of ether oxygens (including phenoxy) is 1. The van der Waals surface area contributed by atoms with Gasteiger partial charge in [-0.15, -0.1) is 0 Å². The van der Waals surface area contributed by atoms with E-state index in [9.17, 15) is 0 Å². The Labute approximate surface area is 111 Å². The molecule has 100 valence electrons. The van der Waals surface area contributed by atoms with Crippen LogP contribution in [0.5, 0.6) is 5.75 Å². The largest absolute Gasteiger partial charge is 0.492 e. The number of aryl methyl sites for hydroxylation is 1. The Morgan fingerprint density at radius 3 is 2.89 bits per heavy atom. The van der Waals surface area contributed by atoms with Crippen LogP contribution in [0.3, 0.4) is 0 Å². The minimum atomic E-state index is 0.764. The van der Waals surface area contributed by atoms with Gasteiger partial charge in [0.25, 0.3) is 0 Å². The number of rotatable bonds is 7. The van der Waals surface area contributed by atoms with Gasteiger partial charge in [0.15, 0.2) is 0 Å². The van der Waals surface area contributed by atoms with Crippen LogP contribution >= 0.6 is 0 Å². The van der Waals surface area contributed by atoms with Gasteiger partial charge in [0, 0.05) is 6.54 Å². The van der Waals surface area contributed by atoms with E-state index >= 15 is 0 Å². The second-order valence-corrected chi connectivity index (χ2v) is 5.20. The van der Waals surface area contributed by atoms with Gasteiger partial charge in [0.05, 0.1) is 0 Å². The summed E-state index contributed by atoms with van der Waals surface area (Å²) >= 11 is 0. The number of benzene rings is 1. The molecule has 0 amide bonds. The van der Waals surface area contributed by atoms with Gasteiger partial charge in [-0.05, 0) is 49.4 Å². The lowest BCUT2D eigenvalue weighted by atomic mass is 10.1. The minimum Gasteiger partial charge on any atom is -0.492 e. The van der Waals surface area contributed by atoms with E-state index < -0.39 is 0 Å². The lowest BCUT2D eigenvalue weighted by molar-refractivity contribution is 0.308. The third-order valence-corrected chi connectivity index (χ3v) is 3.76. The first-order valence-corrected chi connectivity index (χ1v) is 7.31. The molecule has 0 radical (unpaired) electrons. The summed E-state index contributed by atoms with van der Waals surface area (Å²) in [5.74, 6) is 1.91. The van der Waals surface area contributed by atoms with Gasteiger partial charge in [0.2, 0.25) is 0 Å². The maximum absolute atomic E-state index is 5.75. The lowest BCUT2D eigenvalue weighted by Crippen LogP contribution is -2.26. The average Bonchev–Trinajstić information content (AvgIpc) is 2.92. The zero-order chi connectivity index (χ0) is 12.6. The molecular formula is C16H25NO. The van der Waals surface area contributed by atoms with Crippen molar-refractivity contribution in [3.05, 3.63) is 29.8 Å². The molecule has 0 atom stereocenters. The molecule has 2 heteroatoms. The molecule has 0 spiro atoms. The highest BCUT2D eigenvalue weighted by Crippen LogP contribution is 2.23. The molecule has 0 unspecified atom stereocenters. The molecule has 1 aliphatic carbocycles. The fourth-order valence-corrected chi connectivity index (χ4v) is 2.62. The maximum Gasteiger partial charge on any atom is 0.119 e. The molecule has 1 aromatic rings. The smallest absolute Gasteiger partial charge is 0.119 e. The van der Waals surface area contributed by atoms with Crippen molar-refractivity contribution in [2.75, 3.05) is 19.7 Å². The first-order chi connectivity index (χ1) is 8.88. The Balaban J connectivity index is 1.59. The van der Waals surface area contributed by atoms with Gasteiger partial charge in [-0.2, -0.15) is 0 Å². The van der Waals surface area contributed by atoms with Gasteiger partial charge in [-0.25, -0.2) is 0 Å². The second-order valence-electron chi connectivity index (χ2n) is 5.20. The van der Waals surface area contributed by atoms with Crippen LogP contribution in [0.1, 0.15) is 38.2 Å². The zero-order valence-corrected chi connectivity index (χ0v) is 11.5. The molecule has 0 bridgehead atoms. The van der Waals surface area contributed by atoms with E-state index in [2.05, 4.69) is 30.4 Å². The molecule has 2 nitrogen and oxygen atoms in total. The molecule has 2 rings (SSSR count). The molecule has 1 aliphatic rings. The van der Waals surface area contributed by atoms with Gasteiger partial charge in [-0.1, -0.05) is 31.9 Å². The highest BCUT2D eigenvalue weighted by Gasteiger charge is 2.13. The Kier molecular flexibility index (Phi) is 5.53. The van der Waals surface area contributed by atoms with Crippen molar-refractivity contribution in [1.29, 1.82) is 0 Å². The Hall–Kier alpha value is -1.02. The Morgan fingerprint density at radius 1 is 1.28 bits per heavy atom. The molecule has 0 aliphatic heterocycles. The molecule has 1 saturated carbocycles. The summed E-state index contributed by atoms with van der Waals surface area (Å²) in [5.41, 5.74) is 1.34. The predicted molar refractivity (Wildman–Crippen MR) is 76.1 cm³/mol. The first kappa shape index (κ1) is 13.4. The van der Waals surface area contributed by atoms with Crippen LogP contribution in [0.15, 0.2) is 24.3 Å². The van der Waals surface area contributed by atoms with Gasteiger partial charge < -0.3 is 10.1 Å². The van der Waals surface area contributed by atoms with Gasteiger partial charge >= 0.3 is 0 Å². The minimum absolute atomic E-state index is 0.764. The fourth-order valence-electron chi connectivity index (χ4n) is 2.62. The molecule has 1 fully saturated rings. The average molecular weight is 247 g/mol. The van der Waals surface area contributed by atoms with Crippen molar-refractivity contribution in [2.45, 2.75) is 39.0 Å². The van der Waals surface area contributed by atoms with E-state index in [4.69, 9.17) is 4.74 Å². The summed E-state index contributed by atoms with van der Waals surface area (Å²) in [6, 6.07) is 8.39. The highest BCUT2D eigenvalue weighted by atomic mass is 16.5. The standard InChI is InChI=1S/C16H25NO/c1-2-14-8-5-9-16(12-14)18-11-10-17-13-15-6-3-4-7-15/h5,8-9,12,15,17H,2-4,6-7,10-11,13H2,1H3. The quantitative estimate of drug-likeness (QED) is 0.746. The predicted octanol–water partition coefficient (Wildman–Crippen LogP) is 3.41. The fraction of sp³-hybridized carbons (Fsp3) is 0.625. The van der Waals surface area contributed by atoms with Crippen molar-refractivity contribution in [2.24, 2.45) is 5.92 Å². The van der Waals surface area contributed by atoms with E-state index in [1.54, 1.807) is 0 Å². The van der Waals surface area contributed by atoms with Crippen LogP contribution in [0.4, 0.5) is 0 Å². The van der Waals surface area contributed by atoms with Crippen LogP contribution in [0.25, 0.3) is 0 Å². The molecular weight excluding hydrogens is 222 g/mol. The van der Waals surface area contributed by atoms with Gasteiger partial charge in [-0.3, -0.25) is 0 Å². The monoisotopic (exact) mass is 247 g/mol. The molecule has 1 aromatic carbocycles. The number of nitrogens with one attached hydrogen (secondary N) is 1. The second kappa shape index (κ2) is 7.42. The van der Waals surface area contributed by atoms with Crippen molar-refractivity contribution >= 4 is 0 Å². The summed E-state index contributed by atoms with van der Waals surface area (Å²) < 4.78 is 5.75. The van der Waals surface area contributed by atoms with Crippen molar-refractivity contribution in [3.63, 3.8) is 0 Å². The molecule has 0 heterocycles. The zero-order valence-electron chi connectivity index (χ0n) is 11.5. The number of hydrogen-bond donors (Lipinski definition) is 1. The molecule has 18 heavy (non-hydrogen) atoms. The summed E-state index contributed by atoms with van der Waals surface area (Å²) in [6.45, 7) is 5.05. The van der Waals surface area contributed by atoms with E-state index in [0.29, 0.717) is 0 Å². The first-order valence-electron chi connectivity index (χ1n) is 7.31. The lowest BCUT2D eigenvalue weighted by Gasteiger charge is -2.11. The van der Waals surface area contributed by atoms with Crippen molar-refractivity contribution in [3.8, 4) is 5.75 Å². The van der Waals surface area contributed by atoms with Crippen LogP contribution in [0.2, 0.25) is 0 Å². The molecule has 0 aromatic heterocycles. The summed E-state index contributed by atoms with van der Waals surface area (Å²) in [6.07, 6.45) is 6.73. The van der Waals surface area contributed by atoms with Gasteiger partial charge in [0.1, 0.15) is 12.4 Å². The Morgan fingerprint density at radius 2 is 2.11 bits per heavy atom. The van der Waals surface area contributed by atoms with Crippen molar-refractivity contribution < 1.29 is 4.74 Å². The van der Waals surface area contributed by atoms with E-state index in [1.807, 2.05) is 6.07 Å². The summed E-state index contributed by atoms with van der Waals surface area (Å²) in [4.78, 5) is 0.